The molecule has 0 aliphatic heterocycles. The number of nitrogens with zero attached hydrogens (tertiary/aromatic N) is 1. The summed E-state index contributed by atoms with van der Waals surface area (Å²) in [5, 5.41) is 11.9. The molecule has 0 aromatic heterocycles. The van der Waals surface area contributed by atoms with Crippen molar-refractivity contribution in [2.24, 2.45) is 11.8 Å². The van der Waals surface area contributed by atoms with E-state index in [0.29, 0.717) is 6.54 Å². The second-order valence-corrected chi connectivity index (χ2v) is 9.91. The summed E-state index contributed by atoms with van der Waals surface area (Å²) < 4.78 is 5.65. The highest BCUT2D eigenvalue weighted by Gasteiger charge is 2.40. The van der Waals surface area contributed by atoms with E-state index in [2.05, 4.69) is 29.6 Å². The first kappa shape index (κ1) is 23.4. The Balaban J connectivity index is 1.16. The zero-order valence-electron chi connectivity index (χ0n) is 19.8. The fourth-order valence-electron chi connectivity index (χ4n) is 5.76. The Morgan fingerprint density at radius 1 is 0.943 bits per heavy atom. The van der Waals surface area contributed by atoms with Crippen LogP contribution in [0.3, 0.4) is 0 Å². The van der Waals surface area contributed by atoms with Crippen LogP contribution in [0.5, 0.6) is 0 Å². The molecule has 2 fully saturated rings. The molecule has 0 heterocycles. The van der Waals surface area contributed by atoms with Gasteiger partial charge in [0.15, 0.2) is 0 Å². The Labute approximate surface area is 205 Å². The molecular weight excluding hydrogens is 444 g/mol. The highest BCUT2D eigenvalue weighted by Crippen LogP contribution is 2.44. The number of carbonyl (C=O) groups is 3. The van der Waals surface area contributed by atoms with Gasteiger partial charge in [-0.25, -0.2) is 4.79 Å². The van der Waals surface area contributed by atoms with Gasteiger partial charge in [0.05, 0.1) is 6.42 Å². The van der Waals surface area contributed by atoms with E-state index in [-0.39, 0.29) is 49.3 Å². The van der Waals surface area contributed by atoms with Crippen molar-refractivity contribution >= 4 is 18.0 Å². The number of carboxylic acid groups (broad SMARTS) is 1. The van der Waals surface area contributed by atoms with Crippen LogP contribution in [0.15, 0.2) is 48.5 Å². The van der Waals surface area contributed by atoms with Crippen molar-refractivity contribution in [2.45, 2.75) is 50.5 Å². The van der Waals surface area contributed by atoms with Crippen LogP contribution in [-0.4, -0.2) is 53.7 Å². The van der Waals surface area contributed by atoms with Gasteiger partial charge in [0.1, 0.15) is 6.61 Å². The van der Waals surface area contributed by atoms with Crippen molar-refractivity contribution in [3.63, 3.8) is 0 Å². The number of rotatable bonds is 9. The predicted molar refractivity (Wildman–Crippen MR) is 131 cm³/mol. The number of aliphatic carboxylic acids is 1. The van der Waals surface area contributed by atoms with Gasteiger partial charge < -0.3 is 20.1 Å². The number of hydrogen-bond acceptors (Lipinski definition) is 4. The molecule has 3 aliphatic carbocycles. The van der Waals surface area contributed by atoms with Crippen LogP contribution in [0.4, 0.5) is 4.79 Å². The molecular formula is C28H32N2O5. The van der Waals surface area contributed by atoms with Crippen LogP contribution in [-0.2, 0) is 14.3 Å². The fraction of sp³-hybridized carbons (Fsp3) is 0.464. The molecule has 7 heteroatoms. The number of carbonyl (C=O) groups excluding carboxylic acids is 2. The summed E-state index contributed by atoms with van der Waals surface area (Å²) in [5.41, 5.74) is 4.72. The smallest absolute Gasteiger partial charge is 0.407 e. The first-order chi connectivity index (χ1) is 17.0. The van der Waals surface area contributed by atoms with E-state index in [1.807, 2.05) is 24.3 Å². The number of benzene rings is 2. The molecule has 0 spiro atoms. The van der Waals surface area contributed by atoms with Gasteiger partial charge in [-0.2, -0.15) is 0 Å². The van der Waals surface area contributed by atoms with Gasteiger partial charge in [-0.15, -0.1) is 0 Å². The van der Waals surface area contributed by atoms with Gasteiger partial charge in [0.2, 0.25) is 5.91 Å². The van der Waals surface area contributed by atoms with E-state index in [9.17, 15) is 14.4 Å². The van der Waals surface area contributed by atoms with Crippen LogP contribution < -0.4 is 5.32 Å². The lowest BCUT2D eigenvalue weighted by Gasteiger charge is -2.28. The minimum Gasteiger partial charge on any atom is -0.481 e. The quantitative estimate of drug-likeness (QED) is 0.559. The Kier molecular flexibility index (Phi) is 6.75. The first-order valence-corrected chi connectivity index (χ1v) is 12.6. The highest BCUT2D eigenvalue weighted by atomic mass is 16.5. The van der Waals surface area contributed by atoms with Gasteiger partial charge in [-0.05, 0) is 53.9 Å². The lowest BCUT2D eigenvalue weighted by Crippen LogP contribution is -2.42. The van der Waals surface area contributed by atoms with E-state index in [0.717, 1.165) is 32.1 Å². The first-order valence-electron chi connectivity index (χ1n) is 12.6. The summed E-state index contributed by atoms with van der Waals surface area (Å²) in [7, 11) is 0. The Morgan fingerprint density at radius 3 is 2.23 bits per heavy atom. The molecule has 3 aliphatic rings. The number of nitrogens with one attached hydrogen (secondary N) is 1. The SMILES string of the molecule is O=C(O)CCN(C(=O)[C@@H]1CCC[C@@H]1CNC(=O)OCC1c2ccccc2-c2ccccc21)C1CC1. The Morgan fingerprint density at radius 2 is 1.60 bits per heavy atom. The van der Waals surface area contributed by atoms with Crippen molar-refractivity contribution in [1.29, 1.82) is 0 Å². The van der Waals surface area contributed by atoms with Gasteiger partial charge in [0, 0.05) is 31.0 Å². The van der Waals surface area contributed by atoms with Crippen LogP contribution in [0.25, 0.3) is 11.1 Å². The summed E-state index contributed by atoms with van der Waals surface area (Å²) in [6, 6.07) is 16.6. The summed E-state index contributed by atoms with van der Waals surface area (Å²) in [5.74, 6) is -0.948. The normalized spacial score (nSPS) is 20.7. The second kappa shape index (κ2) is 10.1. The third-order valence-corrected chi connectivity index (χ3v) is 7.67. The number of alkyl carbamates (subject to hydrolysis) is 1. The molecule has 0 bridgehead atoms. The number of ether oxygens (including phenoxy) is 1. The zero-order chi connectivity index (χ0) is 24.4. The number of amides is 2. The molecule has 5 rings (SSSR count). The number of hydrogen-bond donors (Lipinski definition) is 2. The minimum absolute atomic E-state index is 0.00953. The molecule has 0 unspecified atom stereocenters. The van der Waals surface area contributed by atoms with Gasteiger partial charge in [-0.3, -0.25) is 9.59 Å². The van der Waals surface area contributed by atoms with E-state index >= 15 is 0 Å². The average molecular weight is 477 g/mol. The molecule has 0 radical (unpaired) electrons. The van der Waals surface area contributed by atoms with Crippen molar-refractivity contribution in [1.82, 2.24) is 10.2 Å². The van der Waals surface area contributed by atoms with Crippen LogP contribution in [0.1, 0.15) is 55.6 Å². The largest absolute Gasteiger partial charge is 0.481 e. The zero-order valence-corrected chi connectivity index (χ0v) is 19.8. The van der Waals surface area contributed by atoms with E-state index < -0.39 is 12.1 Å². The number of fused-ring (bicyclic) bond motifs is 3. The van der Waals surface area contributed by atoms with Crippen LogP contribution in [0, 0.1) is 11.8 Å². The molecule has 184 valence electrons. The molecule has 2 amide bonds. The van der Waals surface area contributed by atoms with Crippen LogP contribution in [0.2, 0.25) is 0 Å². The summed E-state index contributed by atoms with van der Waals surface area (Å²) in [6.45, 7) is 0.921. The second-order valence-electron chi connectivity index (χ2n) is 9.91. The summed E-state index contributed by atoms with van der Waals surface area (Å²) in [6.07, 6.45) is 3.99. The van der Waals surface area contributed by atoms with Crippen molar-refractivity contribution in [2.75, 3.05) is 19.7 Å². The maximum Gasteiger partial charge on any atom is 0.407 e. The maximum absolute atomic E-state index is 13.2. The Hall–Kier alpha value is -3.35. The predicted octanol–water partition coefficient (Wildman–Crippen LogP) is 4.41. The van der Waals surface area contributed by atoms with E-state index in [1.54, 1.807) is 4.90 Å². The van der Waals surface area contributed by atoms with Crippen molar-refractivity contribution in [3.8, 4) is 11.1 Å². The molecule has 2 N–H and O–H groups in total. The van der Waals surface area contributed by atoms with Gasteiger partial charge in [0.25, 0.3) is 0 Å². The van der Waals surface area contributed by atoms with Gasteiger partial charge in [-0.1, -0.05) is 55.0 Å². The molecule has 7 nitrogen and oxygen atoms in total. The molecule has 35 heavy (non-hydrogen) atoms. The summed E-state index contributed by atoms with van der Waals surface area (Å²) in [4.78, 5) is 38.6. The number of carboxylic acids is 1. The van der Waals surface area contributed by atoms with E-state index in [4.69, 9.17) is 9.84 Å². The molecule has 2 atom stereocenters. The lowest BCUT2D eigenvalue weighted by atomic mass is 9.94. The molecule has 0 saturated heterocycles. The lowest BCUT2D eigenvalue weighted by molar-refractivity contribution is -0.140. The minimum atomic E-state index is -0.886. The highest BCUT2D eigenvalue weighted by molar-refractivity contribution is 5.81. The van der Waals surface area contributed by atoms with Crippen LogP contribution >= 0.6 is 0 Å². The Bertz CT molecular complexity index is 1070. The third kappa shape index (κ3) is 5.04. The van der Waals surface area contributed by atoms with Gasteiger partial charge >= 0.3 is 12.1 Å². The summed E-state index contributed by atoms with van der Waals surface area (Å²) >= 11 is 0. The standard InChI is InChI=1S/C28H32N2O5/c31-26(32)14-15-30(19-12-13-19)27(33)20-11-5-6-18(20)16-29-28(34)35-17-25-23-9-3-1-7-21(23)22-8-2-4-10-24(22)25/h1-4,7-10,18-20,25H,5-6,11-17H2,(H,29,34)(H,31,32)/t18-,20-/m1/s1. The monoisotopic (exact) mass is 476 g/mol. The third-order valence-electron chi connectivity index (χ3n) is 7.67. The molecule has 2 aromatic carbocycles. The van der Waals surface area contributed by atoms with Crippen molar-refractivity contribution in [3.05, 3.63) is 59.7 Å². The fourth-order valence-corrected chi connectivity index (χ4v) is 5.76. The topological polar surface area (TPSA) is 95.9 Å². The maximum atomic E-state index is 13.2. The molecule has 2 saturated carbocycles. The van der Waals surface area contributed by atoms with E-state index in [1.165, 1.54) is 22.3 Å². The molecule has 2 aromatic rings. The van der Waals surface area contributed by atoms with Crippen molar-refractivity contribution < 1.29 is 24.2 Å². The average Bonchev–Trinajstić information content (AvgIpc) is 3.49.